The summed E-state index contributed by atoms with van der Waals surface area (Å²) in [5, 5.41) is 26.2. The molecule has 3 aromatic heterocycles. The first kappa shape index (κ1) is 66.4. The second kappa shape index (κ2) is 29.7. The van der Waals surface area contributed by atoms with Gasteiger partial charge in [-0.25, -0.2) is 0 Å². The maximum atomic E-state index is 5.43. The zero-order chi connectivity index (χ0) is 70.3. The molecule has 14 aromatic carbocycles. The predicted octanol–water partition coefficient (Wildman–Crippen LogP) is 25.3. The van der Waals surface area contributed by atoms with Crippen molar-refractivity contribution in [3.63, 3.8) is 0 Å². The number of hydrogen-bond acceptors (Lipinski definition) is 6. The van der Waals surface area contributed by atoms with Crippen LogP contribution in [0.4, 0.5) is 17.1 Å². The molecule has 0 saturated carbocycles. The molecule has 103 heavy (non-hydrogen) atoms. The van der Waals surface area contributed by atoms with Crippen molar-refractivity contribution in [3.05, 3.63) is 395 Å². The molecule has 6 heteroatoms. The van der Waals surface area contributed by atoms with Gasteiger partial charge in [-0.2, -0.15) is 0 Å². The number of benzene rings is 14. The van der Waals surface area contributed by atoms with E-state index < -0.39 is 0 Å². The molecule has 2 unspecified atom stereocenters. The Morgan fingerprint density at radius 1 is 0.262 bits per heavy atom. The van der Waals surface area contributed by atoms with Crippen molar-refractivity contribution in [2.75, 3.05) is 16.0 Å². The van der Waals surface area contributed by atoms with Crippen LogP contribution < -0.4 is 16.0 Å². The van der Waals surface area contributed by atoms with Crippen LogP contribution in [-0.4, -0.2) is 15.0 Å². The van der Waals surface area contributed by atoms with Gasteiger partial charge in [0.15, 0.2) is 0 Å². The van der Waals surface area contributed by atoms with Gasteiger partial charge in [-0.05, 0) is 189 Å². The van der Waals surface area contributed by atoms with E-state index in [-0.39, 0.29) is 12.1 Å². The molecule has 17 aromatic rings. The molecule has 3 heterocycles. The van der Waals surface area contributed by atoms with E-state index in [9.17, 15) is 0 Å². The van der Waals surface area contributed by atoms with Crippen molar-refractivity contribution in [3.8, 4) is 33.8 Å². The molecular weight excluding hydrogens is 1250 g/mol. The van der Waals surface area contributed by atoms with E-state index in [0.29, 0.717) is 6.54 Å². The van der Waals surface area contributed by atoms with Gasteiger partial charge in [0, 0.05) is 39.1 Å². The summed E-state index contributed by atoms with van der Waals surface area (Å²) in [6.07, 6.45) is 0. The number of hydrogen-bond donors (Lipinski definition) is 3. The summed E-state index contributed by atoms with van der Waals surface area (Å²) in [6.45, 7) is 15.8. The summed E-state index contributed by atoms with van der Waals surface area (Å²) in [5.74, 6) is 0. The van der Waals surface area contributed by atoms with Crippen LogP contribution in [0, 0.1) is 48.5 Å². The van der Waals surface area contributed by atoms with Crippen LogP contribution in [0.25, 0.3) is 98.4 Å². The Hall–Kier alpha value is -12.5. The van der Waals surface area contributed by atoms with Crippen LogP contribution in [0.5, 0.6) is 0 Å². The second-order valence-corrected chi connectivity index (χ2v) is 27.2. The molecule has 0 bridgehead atoms. The summed E-state index contributed by atoms with van der Waals surface area (Å²) >= 11 is 0. The van der Waals surface area contributed by atoms with Crippen LogP contribution in [0.15, 0.2) is 328 Å². The number of fused-ring (bicyclic) bond motifs is 6. The number of pyridine rings is 3. The monoisotopic (exact) mass is 1330 g/mol. The summed E-state index contributed by atoms with van der Waals surface area (Å²) in [7, 11) is 0. The zero-order valence-corrected chi connectivity index (χ0v) is 59.4. The molecule has 0 fully saturated rings. The second-order valence-electron chi connectivity index (χ2n) is 27.2. The molecule has 0 saturated heterocycles. The molecule has 500 valence electrons. The number of anilines is 3. The summed E-state index contributed by atoms with van der Waals surface area (Å²) in [6, 6.07) is 116. The van der Waals surface area contributed by atoms with E-state index in [2.05, 4.69) is 392 Å². The quantitative estimate of drug-likeness (QED) is 0.0942. The largest absolute Gasteiger partial charge is 0.379 e. The number of rotatable bonds is 14. The van der Waals surface area contributed by atoms with Crippen molar-refractivity contribution >= 4 is 81.7 Å². The molecular formula is C97H82N6. The lowest BCUT2D eigenvalue weighted by Crippen LogP contribution is -2.16. The summed E-state index contributed by atoms with van der Waals surface area (Å²) in [5.41, 5.74) is 24.3. The van der Waals surface area contributed by atoms with Gasteiger partial charge in [0.1, 0.15) is 0 Å². The maximum Gasteiger partial charge on any atom is 0.0952 e. The van der Waals surface area contributed by atoms with E-state index in [1.54, 1.807) is 0 Å². The highest BCUT2D eigenvalue weighted by molar-refractivity contribution is 6.05. The molecule has 2 atom stereocenters. The fourth-order valence-corrected chi connectivity index (χ4v) is 15.1. The minimum Gasteiger partial charge on any atom is -0.379 e. The molecule has 0 aliphatic rings. The summed E-state index contributed by atoms with van der Waals surface area (Å²) in [4.78, 5) is 15.5. The van der Waals surface area contributed by atoms with Crippen LogP contribution in [0.3, 0.4) is 0 Å². The number of nitrogens with zero attached hydrogens (tertiary/aromatic N) is 3. The van der Waals surface area contributed by atoms with E-state index in [1.807, 2.05) is 0 Å². The topological polar surface area (TPSA) is 74.8 Å². The van der Waals surface area contributed by atoms with Crippen LogP contribution in [0.2, 0.25) is 0 Å². The fraction of sp³-hybridized carbons (Fsp3) is 0.103. The highest BCUT2D eigenvalue weighted by Gasteiger charge is 2.25. The van der Waals surface area contributed by atoms with Gasteiger partial charge in [0.05, 0.1) is 52.8 Å². The van der Waals surface area contributed by atoms with E-state index in [4.69, 9.17) is 15.0 Å². The first-order valence-corrected chi connectivity index (χ1v) is 35.7. The highest BCUT2D eigenvalue weighted by Crippen LogP contribution is 2.42. The third-order valence-corrected chi connectivity index (χ3v) is 19.9. The number of nitrogens with one attached hydrogen (secondary N) is 3. The Kier molecular flexibility index (Phi) is 19.2. The number of aryl methyl sites for hydroxylation is 7. The fourth-order valence-electron chi connectivity index (χ4n) is 15.1. The molecule has 17 rings (SSSR count). The predicted molar refractivity (Wildman–Crippen MR) is 438 cm³/mol. The molecule has 0 spiro atoms. The average molecular weight is 1330 g/mol. The lowest BCUT2D eigenvalue weighted by atomic mass is 9.89. The Labute approximate surface area is 604 Å². The lowest BCUT2D eigenvalue weighted by molar-refractivity contribution is 0.885. The first-order chi connectivity index (χ1) is 50.5. The third-order valence-electron chi connectivity index (χ3n) is 19.9. The summed E-state index contributed by atoms with van der Waals surface area (Å²) < 4.78 is 0. The lowest BCUT2D eigenvalue weighted by Gasteiger charge is -2.26. The SMILES string of the molecule is Cc1cc(C)c(NC(c2ccccc2)c2cccc(-c3cccc4ccccc34)n2)c(C)c1.Cc1cc(C)c(NCc2cccc(-c3cccc4ccccc34)n2)c(C)c1.Cc1ccc2ccccc2c1NC(c1cccc(-c2cccc3ccccc23)n1)c1c2ccccc2cc2ccccc12. The van der Waals surface area contributed by atoms with E-state index in [1.165, 1.54) is 132 Å². The van der Waals surface area contributed by atoms with Gasteiger partial charge in [-0.1, -0.05) is 296 Å². The highest BCUT2D eigenvalue weighted by atomic mass is 15.0. The minimum atomic E-state index is -0.199. The Morgan fingerprint density at radius 3 is 1.13 bits per heavy atom. The van der Waals surface area contributed by atoms with Crippen molar-refractivity contribution in [1.29, 1.82) is 0 Å². The van der Waals surface area contributed by atoms with Crippen LogP contribution in [0.1, 0.15) is 79.2 Å². The standard InChI is InChI=1S/C41H30N2.C31H28N2.C25H24N2/c1-27-24-25-29-13-3-9-20-35(29)40(27)43-41(39-33-18-7-4-14-30(33)26-31-15-5-8-19-34(31)39)38-23-11-22-37(42-38)36-21-10-16-28-12-2-6-17-32(28)36;1-21-19-22(2)30(23(3)20-21)33-31(25-12-5-4-6-13-25)29-18-10-17-28(32-29)27-16-9-14-24-11-7-8-15-26(24)27;1-17-14-18(2)25(19(3)15-17)26-16-21-10-7-13-24(27-21)23-12-6-9-20-8-4-5-11-22(20)23/h2-26,41,43H,1H3;4-20,31,33H,1-3H3;4-15,26H,16H2,1-3H3. The molecule has 0 amide bonds. The Bertz CT molecular complexity index is 5840. The smallest absolute Gasteiger partial charge is 0.0952 e. The van der Waals surface area contributed by atoms with Gasteiger partial charge in [-0.3, -0.25) is 15.0 Å². The molecule has 0 aliphatic heterocycles. The van der Waals surface area contributed by atoms with Crippen LogP contribution >= 0.6 is 0 Å². The van der Waals surface area contributed by atoms with E-state index >= 15 is 0 Å². The van der Waals surface area contributed by atoms with Gasteiger partial charge in [0.25, 0.3) is 0 Å². The zero-order valence-electron chi connectivity index (χ0n) is 59.4. The van der Waals surface area contributed by atoms with Crippen molar-refractivity contribution in [1.82, 2.24) is 15.0 Å². The Morgan fingerprint density at radius 2 is 0.631 bits per heavy atom. The maximum absolute atomic E-state index is 5.43. The Balaban J connectivity index is 0.000000128. The van der Waals surface area contributed by atoms with Crippen molar-refractivity contribution in [2.24, 2.45) is 0 Å². The van der Waals surface area contributed by atoms with Crippen molar-refractivity contribution < 1.29 is 0 Å². The molecule has 0 radical (unpaired) electrons. The van der Waals surface area contributed by atoms with E-state index in [0.717, 1.165) is 51.0 Å². The van der Waals surface area contributed by atoms with Gasteiger partial charge in [0.2, 0.25) is 0 Å². The normalized spacial score (nSPS) is 11.8. The van der Waals surface area contributed by atoms with Crippen molar-refractivity contribution in [2.45, 2.75) is 67.1 Å². The van der Waals surface area contributed by atoms with Gasteiger partial charge >= 0.3 is 0 Å². The molecule has 3 N–H and O–H groups in total. The molecule has 0 aliphatic carbocycles. The number of aromatic nitrogens is 3. The van der Waals surface area contributed by atoms with Crippen LogP contribution in [-0.2, 0) is 6.54 Å². The molecule has 6 nitrogen and oxygen atoms in total. The average Bonchev–Trinajstić information content (AvgIpc) is 0.749. The van der Waals surface area contributed by atoms with Gasteiger partial charge < -0.3 is 16.0 Å². The third kappa shape index (κ3) is 14.2. The minimum absolute atomic E-state index is 0.0544. The first-order valence-electron chi connectivity index (χ1n) is 35.7. The van der Waals surface area contributed by atoms with Gasteiger partial charge in [-0.15, -0.1) is 0 Å².